The molecule has 0 saturated carbocycles. The fraction of sp³-hybridized carbons (Fsp3) is 0.125. The maximum absolute atomic E-state index is 13.0. The molecule has 1 aromatic carbocycles. The SMILES string of the molecule is Nc1ccc(F)c(F)c1NCC(=O)O. The van der Waals surface area contributed by atoms with Crippen molar-refractivity contribution in [2.45, 2.75) is 0 Å². The van der Waals surface area contributed by atoms with Crippen LogP contribution in [0.2, 0.25) is 0 Å². The number of carboxylic acid groups (broad SMARTS) is 1. The first-order valence-electron chi connectivity index (χ1n) is 3.71. The molecule has 1 rings (SSSR count). The number of aliphatic carboxylic acids is 1. The van der Waals surface area contributed by atoms with Crippen LogP contribution in [0.4, 0.5) is 20.2 Å². The molecule has 0 aliphatic heterocycles. The van der Waals surface area contributed by atoms with Crippen LogP contribution in [0, 0.1) is 11.6 Å². The summed E-state index contributed by atoms with van der Waals surface area (Å²) >= 11 is 0. The Bertz CT molecular complexity index is 369. The van der Waals surface area contributed by atoms with Crippen molar-refractivity contribution in [2.24, 2.45) is 0 Å². The lowest BCUT2D eigenvalue weighted by Crippen LogP contribution is -2.15. The Kier molecular flexibility index (Phi) is 2.85. The molecule has 0 aliphatic carbocycles. The van der Waals surface area contributed by atoms with Gasteiger partial charge in [-0.1, -0.05) is 0 Å². The minimum absolute atomic E-state index is 0.0369. The molecular formula is C8H8F2N2O2. The van der Waals surface area contributed by atoms with Crippen LogP contribution >= 0.6 is 0 Å². The average molecular weight is 202 g/mol. The molecule has 0 saturated heterocycles. The Labute approximate surface area is 78.3 Å². The number of carboxylic acids is 1. The van der Waals surface area contributed by atoms with Crippen LogP contribution in [-0.4, -0.2) is 17.6 Å². The predicted octanol–water partition coefficient (Wildman–Crippen LogP) is 1.04. The van der Waals surface area contributed by atoms with Crippen molar-refractivity contribution in [2.75, 3.05) is 17.6 Å². The molecule has 0 unspecified atom stereocenters. The molecule has 76 valence electrons. The van der Waals surface area contributed by atoms with Crippen molar-refractivity contribution in [3.8, 4) is 0 Å². The van der Waals surface area contributed by atoms with E-state index in [9.17, 15) is 13.6 Å². The lowest BCUT2D eigenvalue weighted by molar-refractivity contribution is -0.134. The molecule has 4 N–H and O–H groups in total. The highest BCUT2D eigenvalue weighted by atomic mass is 19.2. The van der Waals surface area contributed by atoms with Crippen LogP contribution in [0.1, 0.15) is 0 Å². The summed E-state index contributed by atoms with van der Waals surface area (Å²) in [6.45, 7) is -0.523. The van der Waals surface area contributed by atoms with Gasteiger partial charge in [-0.3, -0.25) is 4.79 Å². The molecule has 0 bridgehead atoms. The van der Waals surface area contributed by atoms with E-state index < -0.39 is 24.1 Å². The minimum atomic E-state index is -1.19. The molecule has 0 aromatic heterocycles. The molecule has 4 nitrogen and oxygen atoms in total. The molecular weight excluding hydrogens is 194 g/mol. The van der Waals surface area contributed by atoms with Gasteiger partial charge in [-0.05, 0) is 12.1 Å². The van der Waals surface area contributed by atoms with E-state index in [0.29, 0.717) is 0 Å². The third-order valence-electron chi connectivity index (χ3n) is 1.54. The summed E-state index contributed by atoms with van der Waals surface area (Å²) in [5.74, 6) is -3.44. The van der Waals surface area contributed by atoms with Crippen molar-refractivity contribution >= 4 is 17.3 Å². The highest BCUT2D eigenvalue weighted by Gasteiger charge is 2.11. The fourth-order valence-corrected chi connectivity index (χ4v) is 0.909. The van der Waals surface area contributed by atoms with Crippen molar-refractivity contribution in [1.29, 1.82) is 0 Å². The molecule has 0 radical (unpaired) electrons. The van der Waals surface area contributed by atoms with Gasteiger partial charge in [0.2, 0.25) is 0 Å². The van der Waals surface area contributed by atoms with Gasteiger partial charge in [0.1, 0.15) is 6.54 Å². The van der Waals surface area contributed by atoms with E-state index in [-0.39, 0.29) is 11.4 Å². The van der Waals surface area contributed by atoms with Crippen LogP contribution < -0.4 is 11.1 Å². The van der Waals surface area contributed by atoms with E-state index in [2.05, 4.69) is 5.32 Å². The van der Waals surface area contributed by atoms with E-state index in [1.165, 1.54) is 0 Å². The van der Waals surface area contributed by atoms with Gasteiger partial charge < -0.3 is 16.2 Å². The third-order valence-corrected chi connectivity index (χ3v) is 1.54. The first kappa shape index (κ1) is 10.2. The number of carbonyl (C=O) groups is 1. The summed E-state index contributed by atoms with van der Waals surface area (Å²) in [7, 11) is 0. The van der Waals surface area contributed by atoms with Crippen molar-refractivity contribution in [1.82, 2.24) is 0 Å². The van der Waals surface area contributed by atoms with Gasteiger partial charge in [0.15, 0.2) is 11.6 Å². The second kappa shape index (κ2) is 3.91. The number of nitrogens with two attached hydrogens (primary N) is 1. The summed E-state index contributed by atoms with van der Waals surface area (Å²) in [5, 5.41) is 10.5. The number of hydrogen-bond acceptors (Lipinski definition) is 3. The van der Waals surface area contributed by atoms with E-state index in [1.54, 1.807) is 0 Å². The molecule has 0 spiro atoms. The Morgan fingerprint density at radius 2 is 2.14 bits per heavy atom. The van der Waals surface area contributed by atoms with Crippen LogP contribution in [-0.2, 0) is 4.79 Å². The van der Waals surface area contributed by atoms with Crippen molar-refractivity contribution in [3.05, 3.63) is 23.8 Å². The molecule has 0 fully saturated rings. The summed E-state index contributed by atoms with van der Waals surface area (Å²) < 4.78 is 25.7. The summed E-state index contributed by atoms with van der Waals surface area (Å²) in [6, 6.07) is 2.03. The summed E-state index contributed by atoms with van der Waals surface area (Å²) in [4.78, 5) is 10.2. The summed E-state index contributed by atoms with van der Waals surface area (Å²) in [6.07, 6.45) is 0. The highest BCUT2D eigenvalue weighted by molar-refractivity contribution is 5.76. The molecule has 0 amide bonds. The number of hydrogen-bond donors (Lipinski definition) is 3. The quantitative estimate of drug-likeness (QED) is 0.640. The first-order chi connectivity index (χ1) is 6.52. The van der Waals surface area contributed by atoms with Crippen molar-refractivity contribution in [3.63, 3.8) is 0 Å². The third kappa shape index (κ3) is 2.09. The predicted molar refractivity (Wildman–Crippen MR) is 46.9 cm³/mol. The monoisotopic (exact) mass is 202 g/mol. The molecule has 6 heteroatoms. The maximum atomic E-state index is 13.0. The topological polar surface area (TPSA) is 75.3 Å². The van der Waals surface area contributed by atoms with Gasteiger partial charge in [-0.25, -0.2) is 8.78 Å². The van der Waals surface area contributed by atoms with Gasteiger partial charge in [0, 0.05) is 0 Å². The lowest BCUT2D eigenvalue weighted by Gasteiger charge is -2.08. The highest BCUT2D eigenvalue weighted by Crippen LogP contribution is 2.23. The van der Waals surface area contributed by atoms with E-state index in [1.807, 2.05) is 0 Å². The zero-order chi connectivity index (χ0) is 10.7. The lowest BCUT2D eigenvalue weighted by atomic mass is 10.2. The average Bonchev–Trinajstić information content (AvgIpc) is 2.11. The largest absolute Gasteiger partial charge is 0.480 e. The van der Waals surface area contributed by atoms with Crippen LogP contribution in [0.25, 0.3) is 0 Å². The summed E-state index contributed by atoms with van der Waals surface area (Å²) in [5.41, 5.74) is 4.95. The Morgan fingerprint density at radius 3 is 2.71 bits per heavy atom. The molecule has 0 heterocycles. The molecule has 0 aliphatic rings. The number of rotatable bonds is 3. The van der Waals surface area contributed by atoms with E-state index in [4.69, 9.17) is 10.8 Å². The zero-order valence-electron chi connectivity index (χ0n) is 7.05. The van der Waals surface area contributed by atoms with Gasteiger partial charge in [-0.15, -0.1) is 0 Å². The first-order valence-corrected chi connectivity index (χ1v) is 3.71. The number of benzene rings is 1. The van der Waals surface area contributed by atoms with Crippen LogP contribution in [0.15, 0.2) is 12.1 Å². The number of nitrogen functional groups attached to an aromatic ring is 1. The Hall–Kier alpha value is -1.85. The maximum Gasteiger partial charge on any atom is 0.322 e. The smallest absolute Gasteiger partial charge is 0.322 e. The number of halogens is 2. The zero-order valence-corrected chi connectivity index (χ0v) is 7.05. The van der Waals surface area contributed by atoms with Crippen LogP contribution in [0.3, 0.4) is 0 Å². The van der Waals surface area contributed by atoms with E-state index in [0.717, 1.165) is 12.1 Å². The van der Waals surface area contributed by atoms with Crippen molar-refractivity contribution < 1.29 is 18.7 Å². The van der Waals surface area contributed by atoms with Gasteiger partial charge in [0.25, 0.3) is 0 Å². The van der Waals surface area contributed by atoms with Gasteiger partial charge in [0.05, 0.1) is 11.4 Å². The second-order valence-corrected chi connectivity index (χ2v) is 2.57. The Morgan fingerprint density at radius 1 is 1.50 bits per heavy atom. The fourth-order valence-electron chi connectivity index (χ4n) is 0.909. The van der Waals surface area contributed by atoms with Crippen LogP contribution in [0.5, 0.6) is 0 Å². The van der Waals surface area contributed by atoms with Gasteiger partial charge >= 0.3 is 5.97 Å². The number of anilines is 2. The molecule has 14 heavy (non-hydrogen) atoms. The Balaban J connectivity index is 2.95. The standard InChI is InChI=1S/C8H8F2N2O2/c9-4-1-2-5(11)8(7(4)10)12-3-6(13)14/h1-2,12H,3,11H2,(H,13,14). The minimum Gasteiger partial charge on any atom is -0.480 e. The van der Waals surface area contributed by atoms with Gasteiger partial charge in [-0.2, -0.15) is 0 Å². The molecule has 1 aromatic rings. The number of nitrogens with one attached hydrogen (secondary N) is 1. The van der Waals surface area contributed by atoms with E-state index >= 15 is 0 Å². The second-order valence-electron chi connectivity index (χ2n) is 2.57. The molecule has 0 atom stereocenters. The normalized spacial score (nSPS) is 9.86.